The number of ether oxygens (including phenoxy) is 2. The Morgan fingerprint density at radius 2 is 1.95 bits per heavy atom. The van der Waals surface area contributed by atoms with Gasteiger partial charge in [-0.25, -0.2) is 0 Å². The van der Waals surface area contributed by atoms with E-state index in [2.05, 4.69) is 30.8 Å². The van der Waals surface area contributed by atoms with Gasteiger partial charge in [0.2, 0.25) is 0 Å². The van der Waals surface area contributed by atoms with Gasteiger partial charge in [-0.05, 0) is 38.5 Å². The van der Waals surface area contributed by atoms with E-state index in [1.54, 1.807) is 12.1 Å². The minimum atomic E-state index is -2.87. The van der Waals surface area contributed by atoms with Gasteiger partial charge < -0.3 is 14.8 Å². The van der Waals surface area contributed by atoms with Crippen LogP contribution < -0.4 is 14.8 Å². The lowest BCUT2D eigenvalue weighted by Gasteiger charge is -2.18. The fourth-order valence-corrected chi connectivity index (χ4v) is 1.55. The van der Waals surface area contributed by atoms with Gasteiger partial charge in [0.1, 0.15) is 0 Å². The van der Waals surface area contributed by atoms with E-state index in [9.17, 15) is 8.78 Å². The number of rotatable bonds is 6. The normalized spacial score (nSPS) is 12.2. The largest absolute Gasteiger partial charge is 0.493 e. The number of benzene rings is 1. The molecule has 1 N–H and O–H groups in total. The van der Waals surface area contributed by atoms with Crippen LogP contribution in [0.25, 0.3) is 6.08 Å². The van der Waals surface area contributed by atoms with Crippen LogP contribution in [0.4, 0.5) is 8.78 Å². The van der Waals surface area contributed by atoms with Crippen molar-refractivity contribution in [3.05, 3.63) is 29.8 Å². The predicted octanol–water partition coefficient (Wildman–Crippen LogP) is 3.70. The van der Waals surface area contributed by atoms with Crippen molar-refractivity contribution in [3.8, 4) is 11.5 Å². The van der Waals surface area contributed by atoms with Crippen LogP contribution in [-0.2, 0) is 0 Å². The number of halogens is 2. The third kappa shape index (κ3) is 6.02. The quantitative estimate of drug-likeness (QED) is 0.864. The minimum absolute atomic E-state index is 0.0356. The lowest BCUT2D eigenvalue weighted by Crippen LogP contribution is -2.35. The second kappa shape index (κ2) is 7.24. The third-order valence-electron chi connectivity index (χ3n) is 2.46. The lowest BCUT2D eigenvalue weighted by molar-refractivity contribution is -0.0512. The smallest absolute Gasteiger partial charge is 0.387 e. The second-order valence-electron chi connectivity index (χ2n) is 5.32. The first-order valence-corrected chi connectivity index (χ1v) is 6.36. The highest BCUT2D eigenvalue weighted by molar-refractivity contribution is 5.56. The highest BCUT2D eigenvalue weighted by atomic mass is 19.3. The number of nitrogens with one attached hydrogen (secondary N) is 1. The Hall–Kier alpha value is -1.62. The van der Waals surface area contributed by atoms with Crippen molar-refractivity contribution in [2.45, 2.75) is 32.9 Å². The summed E-state index contributed by atoms with van der Waals surface area (Å²) < 4.78 is 34.0. The van der Waals surface area contributed by atoms with Crippen LogP contribution in [0.3, 0.4) is 0 Å². The number of hydrogen-bond acceptors (Lipinski definition) is 3. The van der Waals surface area contributed by atoms with Crippen LogP contribution in [0.5, 0.6) is 11.5 Å². The Morgan fingerprint density at radius 1 is 1.25 bits per heavy atom. The van der Waals surface area contributed by atoms with E-state index in [0.29, 0.717) is 6.54 Å². The maximum absolute atomic E-state index is 12.3. The van der Waals surface area contributed by atoms with Crippen LogP contribution in [0.15, 0.2) is 24.3 Å². The van der Waals surface area contributed by atoms with Crippen LogP contribution in [0, 0.1) is 0 Å². The molecule has 0 atom stereocenters. The molecule has 0 unspecified atom stereocenters. The Balaban J connectivity index is 2.73. The van der Waals surface area contributed by atoms with Gasteiger partial charge in [-0.1, -0.05) is 18.2 Å². The summed E-state index contributed by atoms with van der Waals surface area (Å²) in [4.78, 5) is 0. The topological polar surface area (TPSA) is 30.5 Å². The molecule has 0 amide bonds. The molecule has 1 aromatic rings. The molecule has 0 aliphatic carbocycles. The van der Waals surface area contributed by atoms with E-state index < -0.39 is 6.61 Å². The Labute approximate surface area is 118 Å². The summed E-state index contributed by atoms with van der Waals surface area (Å²) in [5.41, 5.74) is 0.811. The molecule has 0 heterocycles. The van der Waals surface area contributed by atoms with E-state index in [4.69, 9.17) is 4.74 Å². The standard InChI is InChI=1S/C15H21F2NO2/c1-15(2,3)18-9-5-6-11-7-8-12(19-4)13(10-11)20-14(16)17/h5-8,10,14,18H,9H2,1-4H3. The number of alkyl halides is 2. The van der Waals surface area contributed by atoms with Gasteiger partial charge in [0.25, 0.3) is 0 Å². The van der Waals surface area contributed by atoms with Crippen molar-refractivity contribution in [2.24, 2.45) is 0 Å². The first-order chi connectivity index (χ1) is 9.31. The van der Waals surface area contributed by atoms with Gasteiger partial charge in [0.05, 0.1) is 7.11 Å². The number of hydrogen-bond donors (Lipinski definition) is 1. The highest BCUT2D eigenvalue weighted by Gasteiger charge is 2.10. The molecule has 20 heavy (non-hydrogen) atoms. The minimum Gasteiger partial charge on any atom is -0.493 e. The Bertz CT molecular complexity index is 454. The SMILES string of the molecule is COc1ccc(C=CCNC(C)(C)C)cc1OC(F)F. The molecule has 3 nitrogen and oxygen atoms in total. The molecule has 0 fully saturated rings. The summed E-state index contributed by atoms with van der Waals surface area (Å²) in [6.07, 6.45) is 3.77. The molecular weight excluding hydrogens is 264 g/mol. The molecule has 0 aliphatic heterocycles. The van der Waals surface area contributed by atoms with Crippen molar-refractivity contribution in [1.29, 1.82) is 0 Å². The monoisotopic (exact) mass is 285 g/mol. The van der Waals surface area contributed by atoms with Crippen LogP contribution >= 0.6 is 0 Å². The summed E-state index contributed by atoms with van der Waals surface area (Å²) in [6, 6.07) is 4.91. The first-order valence-electron chi connectivity index (χ1n) is 6.36. The summed E-state index contributed by atoms with van der Waals surface area (Å²) in [6.45, 7) is 4.04. The van der Waals surface area contributed by atoms with Crippen LogP contribution in [-0.4, -0.2) is 25.8 Å². The summed E-state index contributed by atoms with van der Waals surface area (Å²) >= 11 is 0. The summed E-state index contributed by atoms with van der Waals surface area (Å²) in [5.74, 6) is 0.323. The fourth-order valence-electron chi connectivity index (χ4n) is 1.55. The first kappa shape index (κ1) is 16.4. The molecule has 1 rings (SSSR count). The maximum Gasteiger partial charge on any atom is 0.387 e. The molecule has 0 spiro atoms. The number of methoxy groups -OCH3 is 1. The zero-order chi connectivity index (χ0) is 15.2. The molecular formula is C15H21F2NO2. The van der Waals surface area contributed by atoms with Crippen LogP contribution in [0.2, 0.25) is 0 Å². The molecule has 0 radical (unpaired) electrons. The van der Waals surface area contributed by atoms with E-state index in [1.165, 1.54) is 13.2 Å². The van der Waals surface area contributed by atoms with Crippen molar-refractivity contribution < 1.29 is 18.3 Å². The van der Waals surface area contributed by atoms with Gasteiger partial charge in [-0.15, -0.1) is 0 Å². The Morgan fingerprint density at radius 3 is 2.50 bits per heavy atom. The average molecular weight is 285 g/mol. The van der Waals surface area contributed by atoms with Gasteiger partial charge in [0.15, 0.2) is 11.5 Å². The third-order valence-corrected chi connectivity index (χ3v) is 2.46. The van der Waals surface area contributed by atoms with Crippen LogP contribution in [0.1, 0.15) is 26.3 Å². The van der Waals surface area contributed by atoms with E-state index in [0.717, 1.165) is 5.56 Å². The van der Waals surface area contributed by atoms with E-state index in [1.807, 2.05) is 12.2 Å². The molecule has 0 saturated heterocycles. The van der Waals surface area contributed by atoms with Crippen molar-refractivity contribution in [1.82, 2.24) is 5.32 Å². The molecule has 0 aliphatic rings. The molecule has 0 bridgehead atoms. The van der Waals surface area contributed by atoms with E-state index >= 15 is 0 Å². The molecule has 0 aromatic heterocycles. The molecule has 0 saturated carbocycles. The second-order valence-corrected chi connectivity index (χ2v) is 5.32. The van der Waals surface area contributed by atoms with Crippen molar-refractivity contribution in [3.63, 3.8) is 0 Å². The Kier molecular flexibility index (Phi) is 5.95. The van der Waals surface area contributed by atoms with Gasteiger partial charge >= 0.3 is 6.61 Å². The van der Waals surface area contributed by atoms with Crippen molar-refractivity contribution in [2.75, 3.05) is 13.7 Å². The molecule has 5 heteroatoms. The fraction of sp³-hybridized carbons (Fsp3) is 0.467. The molecule has 112 valence electrons. The molecule has 1 aromatic carbocycles. The average Bonchev–Trinajstić information content (AvgIpc) is 2.33. The van der Waals surface area contributed by atoms with Crippen molar-refractivity contribution >= 4 is 6.08 Å². The highest BCUT2D eigenvalue weighted by Crippen LogP contribution is 2.29. The zero-order valence-corrected chi connectivity index (χ0v) is 12.2. The lowest BCUT2D eigenvalue weighted by atomic mass is 10.1. The van der Waals surface area contributed by atoms with Gasteiger partial charge in [-0.3, -0.25) is 0 Å². The zero-order valence-electron chi connectivity index (χ0n) is 12.2. The van der Waals surface area contributed by atoms with Gasteiger partial charge in [0, 0.05) is 12.1 Å². The predicted molar refractivity (Wildman–Crippen MR) is 76.4 cm³/mol. The van der Waals surface area contributed by atoms with E-state index in [-0.39, 0.29) is 17.0 Å². The maximum atomic E-state index is 12.3. The summed E-state index contributed by atoms with van der Waals surface area (Å²) in [5, 5.41) is 3.30. The summed E-state index contributed by atoms with van der Waals surface area (Å²) in [7, 11) is 1.41. The van der Waals surface area contributed by atoms with Gasteiger partial charge in [-0.2, -0.15) is 8.78 Å².